The van der Waals surface area contributed by atoms with Crippen molar-refractivity contribution in [3.05, 3.63) is 30.0 Å². The van der Waals surface area contributed by atoms with E-state index in [1.165, 1.54) is 0 Å². The Morgan fingerprint density at radius 2 is 1.88 bits per heavy atom. The molecule has 0 aliphatic carbocycles. The van der Waals surface area contributed by atoms with Gasteiger partial charge in [-0.15, -0.1) is 0 Å². The van der Waals surface area contributed by atoms with E-state index >= 15 is 0 Å². The molecule has 1 N–H and O–H groups in total. The summed E-state index contributed by atoms with van der Waals surface area (Å²) in [5, 5.41) is 0.883. The third-order valence-electron chi connectivity index (χ3n) is 4.17. The van der Waals surface area contributed by atoms with Crippen LogP contribution in [0.5, 0.6) is 5.75 Å². The molecule has 7 heteroatoms. The molecule has 1 aliphatic rings. The average molecular weight is 331 g/mol. The molecule has 0 unspecified atom stereocenters. The van der Waals surface area contributed by atoms with E-state index in [4.69, 9.17) is 9.47 Å². The summed E-state index contributed by atoms with van der Waals surface area (Å²) < 4.78 is 10.3. The zero-order chi connectivity index (χ0) is 17.1. The van der Waals surface area contributed by atoms with Gasteiger partial charge in [-0.1, -0.05) is 6.07 Å². The molecule has 2 aromatic rings. The summed E-state index contributed by atoms with van der Waals surface area (Å²) in [6.45, 7) is 4.08. The number of methoxy groups -OCH3 is 1. The SMILES string of the molecule is CCOC(=O)N1CCN(C(=O)c2cc3c(OC)cccc3[nH]2)CC1. The fraction of sp³-hybridized carbons (Fsp3) is 0.412. The Morgan fingerprint density at radius 1 is 1.17 bits per heavy atom. The Morgan fingerprint density at radius 3 is 2.54 bits per heavy atom. The quantitative estimate of drug-likeness (QED) is 0.934. The predicted octanol–water partition coefficient (Wildman–Crippen LogP) is 2.09. The summed E-state index contributed by atoms with van der Waals surface area (Å²) in [6.07, 6.45) is -0.319. The molecule has 1 aromatic carbocycles. The number of hydrogen-bond donors (Lipinski definition) is 1. The number of benzene rings is 1. The maximum atomic E-state index is 12.7. The molecule has 0 atom stereocenters. The van der Waals surface area contributed by atoms with E-state index in [2.05, 4.69) is 4.98 Å². The van der Waals surface area contributed by atoms with Crippen LogP contribution in [-0.2, 0) is 4.74 Å². The van der Waals surface area contributed by atoms with Gasteiger partial charge >= 0.3 is 6.09 Å². The minimum Gasteiger partial charge on any atom is -0.496 e. The van der Waals surface area contributed by atoms with E-state index in [-0.39, 0.29) is 12.0 Å². The molecule has 0 saturated carbocycles. The maximum absolute atomic E-state index is 12.7. The number of hydrogen-bond acceptors (Lipinski definition) is 4. The number of amides is 2. The van der Waals surface area contributed by atoms with Gasteiger partial charge in [0.1, 0.15) is 11.4 Å². The highest BCUT2D eigenvalue weighted by Gasteiger charge is 2.26. The van der Waals surface area contributed by atoms with Crippen molar-refractivity contribution in [3.8, 4) is 5.75 Å². The second kappa shape index (κ2) is 6.82. The molecule has 0 spiro atoms. The Bertz CT molecular complexity index is 747. The smallest absolute Gasteiger partial charge is 0.409 e. The van der Waals surface area contributed by atoms with Crippen molar-refractivity contribution in [1.29, 1.82) is 0 Å². The van der Waals surface area contributed by atoms with Crippen LogP contribution < -0.4 is 4.74 Å². The van der Waals surface area contributed by atoms with Crippen LogP contribution in [0.25, 0.3) is 10.9 Å². The van der Waals surface area contributed by atoms with Crippen LogP contribution in [0.15, 0.2) is 24.3 Å². The number of nitrogens with zero attached hydrogens (tertiary/aromatic N) is 2. The lowest BCUT2D eigenvalue weighted by Crippen LogP contribution is -2.50. The first-order chi connectivity index (χ1) is 11.6. The summed E-state index contributed by atoms with van der Waals surface area (Å²) in [7, 11) is 1.61. The molecule has 0 radical (unpaired) electrons. The van der Waals surface area contributed by atoms with Gasteiger partial charge in [-0.25, -0.2) is 4.79 Å². The third kappa shape index (κ3) is 3.02. The lowest BCUT2D eigenvalue weighted by atomic mass is 10.2. The number of H-pyrrole nitrogens is 1. The number of aromatic amines is 1. The van der Waals surface area contributed by atoms with Gasteiger partial charge < -0.3 is 24.3 Å². The van der Waals surface area contributed by atoms with Gasteiger partial charge in [-0.3, -0.25) is 4.79 Å². The Kier molecular flexibility index (Phi) is 4.59. The van der Waals surface area contributed by atoms with Crippen molar-refractivity contribution in [2.24, 2.45) is 0 Å². The zero-order valence-corrected chi connectivity index (χ0v) is 13.9. The monoisotopic (exact) mass is 331 g/mol. The maximum Gasteiger partial charge on any atom is 0.409 e. The number of carbonyl (C=O) groups excluding carboxylic acids is 2. The molecule has 128 valence electrons. The lowest BCUT2D eigenvalue weighted by molar-refractivity contribution is 0.0566. The van der Waals surface area contributed by atoms with Crippen molar-refractivity contribution in [2.45, 2.75) is 6.92 Å². The normalized spacial score (nSPS) is 14.8. The van der Waals surface area contributed by atoms with Crippen molar-refractivity contribution < 1.29 is 19.1 Å². The van der Waals surface area contributed by atoms with Gasteiger partial charge in [0, 0.05) is 37.1 Å². The lowest BCUT2D eigenvalue weighted by Gasteiger charge is -2.33. The van der Waals surface area contributed by atoms with Gasteiger partial charge in [-0.2, -0.15) is 0 Å². The molecule has 2 amide bonds. The van der Waals surface area contributed by atoms with Crippen LogP contribution in [0.1, 0.15) is 17.4 Å². The van der Waals surface area contributed by atoms with Crippen molar-refractivity contribution in [1.82, 2.24) is 14.8 Å². The predicted molar refractivity (Wildman–Crippen MR) is 89.3 cm³/mol. The fourth-order valence-electron chi connectivity index (χ4n) is 2.90. The average Bonchev–Trinajstić information content (AvgIpc) is 3.05. The molecule has 1 aromatic heterocycles. The summed E-state index contributed by atoms with van der Waals surface area (Å²) >= 11 is 0. The summed E-state index contributed by atoms with van der Waals surface area (Å²) in [5.41, 5.74) is 1.39. The minimum atomic E-state index is -0.319. The number of piperazine rings is 1. The van der Waals surface area contributed by atoms with Gasteiger partial charge in [0.25, 0.3) is 5.91 Å². The van der Waals surface area contributed by atoms with E-state index in [9.17, 15) is 9.59 Å². The standard InChI is InChI=1S/C17H21N3O4/c1-3-24-17(22)20-9-7-19(8-10-20)16(21)14-11-12-13(18-14)5-4-6-15(12)23-2/h4-6,11,18H,3,7-10H2,1-2H3. The van der Waals surface area contributed by atoms with E-state index in [1.807, 2.05) is 24.3 Å². The Balaban J connectivity index is 1.71. The first-order valence-corrected chi connectivity index (χ1v) is 8.00. The highest BCUT2D eigenvalue weighted by atomic mass is 16.6. The number of fused-ring (bicyclic) bond motifs is 1. The van der Waals surface area contributed by atoms with Crippen LogP contribution in [0, 0.1) is 0 Å². The second-order valence-corrected chi connectivity index (χ2v) is 5.58. The minimum absolute atomic E-state index is 0.0724. The molecular formula is C17H21N3O4. The van der Waals surface area contributed by atoms with Crippen LogP contribution in [0.3, 0.4) is 0 Å². The van der Waals surface area contributed by atoms with Crippen LogP contribution in [0.4, 0.5) is 4.79 Å². The summed E-state index contributed by atoms with van der Waals surface area (Å²) in [4.78, 5) is 30.9. The molecule has 24 heavy (non-hydrogen) atoms. The molecule has 7 nitrogen and oxygen atoms in total. The Hall–Kier alpha value is -2.70. The molecule has 2 heterocycles. The van der Waals surface area contributed by atoms with E-state index in [0.29, 0.717) is 38.5 Å². The second-order valence-electron chi connectivity index (χ2n) is 5.58. The van der Waals surface area contributed by atoms with Crippen LogP contribution in [-0.4, -0.2) is 66.7 Å². The fourth-order valence-corrected chi connectivity index (χ4v) is 2.90. The van der Waals surface area contributed by atoms with Crippen LogP contribution in [0.2, 0.25) is 0 Å². The summed E-state index contributed by atoms with van der Waals surface area (Å²) in [6, 6.07) is 7.47. The molecule has 1 aliphatic heterocycles. The van der Waals surface area contributed by atoms with E-state index < -0.39 is 0 Å². The van der Waals surface area contributed by atoms with Crippen molar-refractivity contribution in [2.75, 3.05) is 39.9 Å². The van der Waals surface area contributed by atoms with E-state index in [0.717, 1.165) is 16.7 Å². The third-order valence-corrected chi connectivity index (χ3v) is 4.17. The molecule has 0 bridgehead atoms. The molecule has 3 rings (SSSR count). The highest BCUT2D eigenvalue weighted by molar-refractivity contribution is 5.99. The van der Waals surface area contributed by atoms with E-state index in [1.54, 1.807) is 23.8 Å². The number of nitrogens with one attached hydrogen (secondary N) is 1. The van der Waals surface area contributed by atoms with Gasteiger partial charge in [0.05, 0.1) is 13.7 Å². The number of rotatable bonds is 3. The highest BCUT2D eigenvalue weighted by Crippen LogP contribution is 2.26. The number of ether oxygens (including phenoxy) is 2. The first kappa shape index (κ1) is 16.2. The summed E-state index contributed by atoms with van der Waals surface area (Å²) in [5.74, 6) is 0.659. The largest absolute Gasteiger partial charge is 0.496 e. The molecule has 1 fully saturated rings. The van der Waals surface area contributed by atoms with Gasteiger partial charge in [-0.05, 0) is 25.1 Å². The zero-order valence-electron chi connectivity index (χ0n) is 13.9. The number of aromatic nitrogens is 1. The first-order valence-electron chi connectivity index (χ1n) is 8.00. The molecular weight excluding hydrogens is 310 g/mol. The van der Waals surface area contributed by atoms with Crippen LogP contribution >= 0.6 is 0 Å². The molecule has 1 saturated heterocycles. The van der Waals surface area contributed by atoms with Gasteiger partial charge in [0.15, 0.2) is 0 Å². The number of carbonyl (C=O) groups is 2. The Labute approximate surface area is 140 Å². The van der Waals surface area contributed by atoms with Crippen molar-refractivity contribution in [3.63, 3.8) is 0 Å². The van der Waals surface area contributed by atoms with Gasteiger partial charge in [0.2, 0.25) is 0 Å². The topological polar surface area (TPSA) is 74.9 Å². The van der Waals surface area contributed by atoms with Crippen molar-refractivity contribution >= 4 is 22.9 Å².